The van der Waals surface area contributed by atoms with Crippen LogP contribution in [0.15, 0.2) is 97.1 Å². The van der Waals surface area contributed by atoms with Crippen LogP contribution in [-0.2, 0) is 6.18 Å². The van der Waals surface area contributed by atoms with Crippen LogP contribution in [0.25, 0.3) is 66.1 Å². The summed E-state index contributed by atoms with van der Waals surface area (Å²) < 4.78 is 124. The second-order valence-corrected chi connectivity index (χ2v) is 12.1. The molecule has 8 rings (SSSR count). The predicted octanol–water partition coefficient (Wildman–Crippen LogP) is 11.9. The minimum absolute atomic E-state index is 0.344. The Morgan fingerprint density at radius 1 is 0.449 bits per heavy atom. The van der Waals surface area contributed by atoms with Gasteiger partial charge in [0.1, 0.15) is 0 Å². The monoisotopic (exact) mass is 670 g/mol. The second-order valence-electron chi connectivity index (χ2n) is 12.1. The van der Waals surface area contributed by atoms with Gasteiger partial charge < -0.3 is 9.13 Å². The molecule has 0 atom stereocenters. The minimum atomic E-state index is -5.03. The van der Waals surface area contributed by atoms with Crippen LogP contribution in [0.3, 0.4) is 0 Å². The summed E-state index contributed by atoms with van der Waals surface area (Å²) in [5, 5.41) is 2.45. The summed E-state index contributed by atoms with van der Waals surface area (Å²) >= 11 is 0. The van der Waals surface area contributed by atoms with Crippen molar-refractivity contribution in [1.29, 1.82) is 0 Å². The highest BCUT2D eigenvalue weighted by atomic mass is 19.4. The Labute approximate surface area is 273 Å². The van der Waals surface area contributed by atoms with Crippen molar-refractivity contribution in [3.05, 3.63) is 143 Å². The Morgan fingerprint density at radius 3 is 1.37 bits per heavy atom. The topological polar surface area (TPSA) is 9.86 Å². The van der Waals surface area contributed by atoms with E-state index in [1.165, 1.54) is 9.13 Å². The van der Waals surface area contributed by atoms with Gasteiger partial charge in [-0.3, -0.25) is 0 Å². The van der Waals surface area contributed by atoms with E-state index in [9.17, 15) is 13.2 Å². The quantitative estimate of drug-likeness (QED) is 0.101. The maximum atomic E-state index is 15.8. The Bertz CT molecular complexity index is 2650. The highest BCUT2D eigenvalue weighted by Crippen LogP contribution is 2.46. The van der Waals surface area contributed by atoms with Crippen molar-refractivity contribution in [1.82, 2.24) is 9.13 Å². The maximum Gasteiger partial charge on any atom is 0.418 e. The number of hydrogen-bond donors (Lipinski definition) is 0. The SMILES string of the molecule is Cc1ccc2c(c1)c1ccccc1n2-c1cc(C(F)(F)F)c(-n2c3ccccc3c3cc(C)ccc32)cc1-c1c(F)c(F)c(F)c(F)c1F. The number of para-hydroxylation sites is 2. The smallest absolute Gasteiger partial charge is 0.309 e. The van der Waals surface area contributed by atoms with Gasteiger partial charge in [0.2, 0.25) is 5.82 Å². The Kier molecular flexibility index (Phi) is 6.69. The molecule has 0 bridgehead atoms. The van der Waals surface area contributed by atoms with Crippen molar-refractivity contribution in [3.63, 3.8) is 0 Å². The van der Waals surface area contributed by atoms with Crippen molar-refractivity contribution in [2.45, 2.75) is 20.0 Å². The molecule has 0 unspecified atom stereocenters. The zero-order valence-electron chi connectivity index (χ0n) is 25.7. The number of hydrogen-bond acceptors (Lipinski definition) is 0. The molecule has 0 aliphatic carbocycles. The van der Waals surface area contributed by atoms with Gasteiger partial charge in [-0.05, 0) is 62.4 Å². The van der Waals surface area contributed by atoms with Crippen molar-refractivity contribution in [3.8, 4) is 22.5 Å². The molecule has 0 aliphatic heterocycles. The average Bonchev–Trinajstić information content (AvgIpc) is 3.58. The van der Waals surface area contributed by atoms with Gasteiger partial charge in [-0.25, -0.2) is 22.0 Å². The van der Waals surface area contributed by atoms with Crippen LogP contribution in [0.1, 0.15) is 16.7 Å². The number of benzene rings is 6. The molecule has 0 N–H and O–H groups in total. The molecular formula is C39H22F8N2. The minimum Gasteiger partial charge on any atom is -0.309 e. The van der Waals surface area contributed by atoms with Crippen LogP contribution in [0.2, 0.25) is 0 Å². The standard InChI is InChI=1S/C39H22F8N2/c1-19-11-13-29-23(15-19)21-7-3-5-9-27(21)48(29)31-18-26(39(45,46)47)32(17-25(31)33-34(40)36(42)38(44)37(43)35(33)41)49-28-10-6-4-8-22(28)24-16-20(2)12-14-30(24)49/h3-18H,1-2H3. The fraction of sp³-hybridized carbons (Fsp3) is 0.0769. The van der Waals surface area contributed by atoms with E-state index in [-0.39, 0.29) is 0 Å². The van der Waals surface area contributed by atoms with Crippen molar-refractivity contribution < 1.29 is 35.1 Å². The molecule has 244 valence electrons. The maximum absolute atomic E-state index is 15.8. The van der Waals surface area contributed by atoms with E-state index in [0.29, 0.717) is 43.6 Å². The molecule has 0 amide bonds. The molecule has 10 heteroatoms. The van der Waals surface area contributed by atoms with Gasteiger partial charge in [0.25, 0.3) is 0 Å². The number of alkyl halides is 3. The molecular weight excluding hydrogens is 648 g/mol. The summed E-state index contributed by atoms with van der Waals surface area (Å²) in [5.74, 6) is -11.1. The summed E-state index contributed by atoms with van der Waals surface area (Å²) in [6, 6.07) is 25.3. The number of nitrogens with zero attached hydrogens (tertiary/aromatic N) is 2. The lowest BCUT2D eigenvalue weighted by atomic mass is 9.97. The van der Waals surface area contributed by atoms with Gasteiger partial charge in [-0.15, -0.1) is 0 Å². The van der Waals surface area contributed by atoms with E-state index in [1.54, 1.807) is 78.9 Å². The van der Waals surface area contributed by atoms with Gasteiger partial charge in [-0.2, -0.15) is 13.2 Å². The number of halogens is 8. The van der Waals surface area contributed by atoms with Crippen LogP contribution in [0.5, 0.6) is 0 Å². The summed E-state index contributed by atoms with van der Waals surface area (Å²) in [6.45, 7) is 3.66. The number of fused-ring (bicyclic) bond motifs is 6. The molecule has 2 nitrogen and oxygen atoms in total. The molecule has 0 spiro atoms. The van der Waals surface area contributed by atoms with Crippen molar-refractivity contribution in [2.24, 2.45) is 0 Å². The third-order valence-electron chi connectivity index (χ3n) is 9.04. The molecule has 0 saturated carbocycles. The molecule has 6 aromatic carbocycles. The van der Waals surface area contributed by atoms with Crippen molar-refractivity contribution in [2.75, 3.05) is 0 Å². The van der Waals surface area contributed by atoms with E-state index in [4.69, 9.17) is 0 Å². The van der Waals surface area contributed by atoms with Crippen LogP contribution in [0.4, 0.5) is 35.1 Å². The molecule has 8 aromatic rings. The molecule has 2 heterocycles. The number of aromatic nitrogens is 2. The summed E-state index contributed by atoms with van der Waals surface area (Å²) in [6.07, 6.45) is -5.03. The van der Waals surface area contributed by atoms with Gasteiger partial charge in [-0.1, -0.05) is 59.7 Å². The lowest BCUT2D eigenvalue weighted by Gasteiger charge is -2.22. The van der Waals surface area contributed by atoms with Gasteiger partial charge in [0.05, 0.1) is 44.6 Å². The van der Waals surface area contributed by atoms with E-state index in [2.05, 4.69) is 0 Å². The lowest BCUT2D eigenvalue weighted by Crippen LogP contribution is -2.14. The van der Waals surface area contributed by atoms with E-state index < -0.39 is 63.3 Å². The Hall–Kier alpha value is -5.64. The largest absolute Gasteiger partial charge is 0.418 e. The first-order chi connectivity index (χ1) is 23.4. The highest BCUT2D eigenvalue weighted by molar-refractivity contribution is 6.11. The second kappa shape index (κ2) is 10.7. The molecule has 0 fully saturated rings. The molecule has 49 heavy (non-hydrogen) atoms. The fourth-order valence-corrected chi connectivity index (χ4v) is 6.91. The summed E-state index contributed by atoms with van der Waals surface area (Å²) in [5.41, 5.74) is -1.05. The number of aryl methyl sites for hydroxylation is 2. The predicted molar refractivity (Wildman–Crippen MR) is 175 cm³/mol. The van der Waals surface area contributed by atoms with Crippen LogP contribution >= 0.6 is 0 Å². The normalized spacial score (nSPS) is 12.3. The highest BCUT2D eigenvalue weighted by Gasteiger charge is 2.38. The van der Waals surface area contributed by atoms with Crippen LogP contribution < -0.4 is 0 Å². The van der Waals surface area contributed by atoms with E-state index in [0.717, 1.165) is 23.3 Å². The lowest BCUT2D eigenvalue weighted by molar-refractivity contribution is -0.137. The average molecular weight is 671 g/mol. The Morgan fingerprint density at radius 2 is 0.878 bits per heavy atom. The van der Waals surface area contributed by atoms with E-state index in [1.807, 2.05) is 19.9 Å². The molecule has 2 aromatic heterocycles. The van der Waals surface area contributed by atoms with Crippen molar-refractivity contribution >= 4 is 43.6 Å². The third kappa shape index (κ3) is 4.46. The van der Waals surface area contributed by atoms with Crippen LogP contribution in [0, 0.1) is 42.9 Å². The summed E-state index contributed by atoms with van der Waals surface area (Å²) in [4.78, 5) is 0. The first-order valence-electron chi connectivity index (χ1n) is 15.1. The first kappa shape index (κ1) is 30.7. The zero-order valence-corrected chi connectivity index (χ0v) is 25.7. The van der Waals surface area contributed by atoms with Gasteiger partial charge in [0, 0.05) is 27.1 Å². The summed E-state index contributed by atoms with van der Waals surface area (Å²) in [7, 11) is 0. The van der Waals surface area contributed by atoms with Gasteiger partial charge in [0.15, 0.2) is 23.3 Å². The fourth-order valence-electron chi connectivity index (χ4n) is 6.91. The molecule has 0 aliphatic rings. The Balaban J connectivity index is 1.62. The third-order valence-corrected chi connectivity index (χ3v) is 9.04. The first-order valence-corrected chi connectivity index (χ1v) is 15.1. The van der Waals surface area contributed by atoms with E-state index >= 15 is 22.0 Å². The van der Waals surface area contributed by atoms with Crippen LogP contribution in [-0.4, -0.2) is 9.13 Å². The molecule has 0 saturated heterocycles. The number of rotatable bonds is 3. The van der Waals surface area contributed by atoms with Gasteiger partial charge >= 0.3 is 6.18 Å². The molecule has 0 radical (unpaired) electrons. The zero-order chi connectivity index (χ0) is 34.5.